The predicted octanol–water partition coefficient (Wildman–Crippen LogP) is 3.91. The van der Waals surface area contributed by atoms with Crippen molar-refractivity contribution in [3.63, 3.8) is 0 Å². The SMILES string of the molecule is CC(C)C[C@@H](C(=O)N1C[C@]2(C[C@H]1C#N)C(=O)Nc1ccccc12)N(C)C(=O)CC(=O)c1cc2c(F)cc(F)cc2[nH]1. The van der Waals surface area contributed by atoms with Gasteiger partial charge in [0.2, 0.25) is 17.7 Å². The first kappa shape index (κ1) is 28.0. The monoisotopic (exact) mass is 561 g/mol. The van der Waals surface area contributed by atoms with Crippen molar-refractivity contribution in [3.8, 4) is 6.07 Å². The number of nitrogens with zero attached hydrogens (tertiary/aromatic N) is 3. The van der Waals surface area contributed by atoms with Crippen LogP contribution in [0, 0.1) is 28.9 Å². The maximum Gasteiger partial charge on any atom is 0.246 e. The van der Waals surface area contributed by atoms with E-state index in [4.69, 9.17) is 0 Å². The van der Waals surface area contributed by atoms with Gasteiger partial charge < -0.3 is 20.1 Å². The summed E-state index contributed by atoms with van der Waals surface area (Å²) < 4.78 is 27.7. The van der Waals surface area contributed by atoms with Crippen molar-refractivity contribution in [1.29, 1.82) is 5.26 Å². The number of ketones is 1. The predicted molar refractivity (Wildman–Crippen MR) is 146 cm³/mol. The minimum Gasteiger partial charge on any atom is -0.352 e. The van der Waals surface area contributed by atoms with Gasteiger partial charge in [0, 0.05) is 37.2 Å². The van der Waals surface area contributed by atoms with Crippen LogP contribution < -0.4 is 5.32 Å². The molecule has 1 aromatic heterocycles. The van der Waals surface area contributed by atoms with Gasteiger partial charge in [-0.2, -0.15) is 5.26 Å². The first-order valence-electron chi connectivity index (χ1n) is 13.3. The molecule has 2 N–H and O–H groups in total. The van der Waals surface area contributed by atoms with Crippen molar-refractivity contribution in [2.24, 2.45) is 5.92 Å². The van der Waals surface area contributed by atoms with Crippen LogP contribution >= 0.6 is 0 Å². The molecule has 2 aliphatic heterocycles. The van der Waals surface area contributed by atoms with Gasteiger partial charge in [-0.1, -0.05) is 32.0 Å². The third-order valence-electron chi connectivity index (χ3n) is 8.02. The number of nitriles is 1. The molecular formula is C30H29F2N5O4. The van der Waals surface area contributed by atoms with E-state index in [1.54, 1.807) is 18.2 Å². The molecule has 9 nitrogen and oxygen atoms in total. The largest absolute Gasteiger partial charge is 0.352 e. The zero-order valence-electron chi connectivity index (χ0n) is 22.8. The van der Waals surface area contributed by atoms with Crippen LogP contribution in [-0.2, 0) is 19.8 Å². The van der Waals surface area contributed by atoms with Gasteiger partial charge in [0.15, 0.2) is 5.78 Å². The molecule has 3 heterocycles. The van der Waals surface area contributed by atoms with Crippen LogP contribution in [0.2, 0.25) is 0 Å². The number of likely N-dealkylation sites (N-methyl/N-ethyl adjacent to an activating group) is 1. The van der Waals surface area contributed by atoms with E-state index in [9.17, 15) is 33.2 Å². The van der Waals surface area contributed by atoms with E-state index in [1.807, 2.05) is 19.9 Å². The van der Waals surface area contributed by atoms with Gasteiger partial charge in [0.25, 0.3) is 0 Å². The molecule has 3 amide bonds. The van der Waals surface area contributed by atoms with Gasteiger partial charge in [-0.15, -0.1) is 0 Å². The second-order valence-electron chi connectivity index (χ2n) is 11.2. The number of benzene rings is 2. The molecule has 3 atom stereocenters. The number of anilines is 1. The highest BCUT2D eigenvalue weighted by Gasteiger charge is 2.56. The fourth-order valence-electron chi connectivity index (χ4n) is 5.89. The molecule has 0 aliphatic carbocycles. The number of aromatic amines is 1. The number of rotatable bonds is 7. The Morgan fingerprint density at radius 1 is 1.20 bits per heavy atom. The Kier molecular flexibility index (Phi) is 7.11. The lowest BCUT2D eigenvalue weighted by atomic mass is 9.80. The Balaban J connectivity index is 1.37. The summed E-state index contributed by atoms with van der Waals surface area (Å²) in [5.74, 6) is -3.72. The lowest BCUT2D eigenvalue weighted by Crippen LogP contribution is -2.52. The average molecular weight is 562 g/mol. The van der Waals surface area contributed by atoms with E-state index < -0.39 is 53.2 Å². The van der Waals surface area contributed by atoms with Crippen LogP contribution in [0.25, 0.3) is 10.9 Å². The van der Waals surface area contributed by atoms with E-state index in [1.165, 1.54) is 22.9 Å². The van der Waals surface area contributed by atoms with Gasteiger partial charge >= 0.3 is 0 Å². The third kappa shape index (κ3) is 4.84. The van der Waals surface area contributed by atoms with E-state index >= 15 is 0 Å². The Hall–Kier alpha value is -4.59. The van der Waals surface area contributed by atoms with Gasteiger partial charge in [-0.05, 0) is 36.1 Å². The minimum absolute atomic E-state index is 0.0142. The fourth-order valence-corrected chi connectivity index (χ4v) is 5.89. The minimum atomic E-state index is -1.07. The van der Waals surface area contributed by atoms with Crippen LogP contribution in [0.3, 0.4) is 0 Å². The number of H-pyrrole nitrogens is 1. The summed E-state index contributed by atoms with van der Waals surface area (Å²) in [6, 6.07) is 10.4. The molecule has 2 aromatic carbocycles. The Bertz CT molecular complexity index is 1630. The molecule has 0 bridgehead atoms. The van der Waals surface area contributed by atoms with E-state index in [2.05, 4.69) is 16.4 Å². The quantitative estimate of drug-likeness (QED) is 0.334. The molecule has 212 valence electrons. The second kappa shape index (κ2) is 10.4. The number of para-hydroxylation sites is 1. The van der Waals surface area contributed by atoms with Crippen molar-refractivity contribution in [1.82, 2.24) is 14.8 Å². The molecule has 3 aromatic rings. The van der Waals surface area contributed by atoms with Crippen molar-refractivity contribution >= 4 is 40.1 Å². The molecule has 11 heteroatoms. The molecule has 2 aliphatic rings. The standard InChI is InChI=1S/C30H29F2N5O4/c1-16(2)8-25(36(3)27(39)12-26(38)24-11-19-21(32)9-17(31)10-23(19)34-24)28(40)37-15-30(13-18(37)14-33)20-6-4-5-7-22(20)35-29(30)41/h4-7,9-11,16,18,25,34H,8,12-13,15H2,1-3H3,(H,35,41)/t18-,25-,30-/m0/s1. The number of likely N-dealkylation sites (tertiary alicyclic amines) is 1. The number of hydrogen-bond donors (Lipinski definition) is 2. The van der Waals surface area contributed by atoms with Crippen LogP contribution in [0.5, 0.6) is 0 Å². The highest BCUT2D eigenvalue weighted by molar-refractivity contribution is 6.09. The number of halogens is 2. The number of fused-ring (bicyclic) bond motifs is 3. The van der Waals surface area contributed by atoms with Crippen molar-refractivity contribution in [3.05, 3.63) is 65.4 Å². The molecule has 1 saturated heterocycles. The lowest BCUT2D eigenvalue weighted by Gasteiger charge is -2.33. The van der Waals surface area contributed by atoms with Gasteiger partial charge in [-0.3, -0.25) is 19.2 Å². The fraction of sp³-hybridized carbons (Fsp3) is 0.367. The molecular weight excluding hydrogens is 532 g/mol. The normalized spacial score (nSPS) is 20.3. The van der Waals surface area contributed by atoms with E-state index in [-0.39, 0.29) is 47.8 Å². The summed E-state index contributed by atoms with van der Waals surface area (Å²) in [6.45, 7) is 3.76. The Morgan fingerprint density at radius 3 is 2.63 bits per heavy atom. The number of Topliss-reactive ketones (excluding diaryl/α,β-unsaturated/α-hetero) is 1. The van der Waals surface area contributed by atoms with Crippen molar-refractivity contribution < 1.29 is 28.0 Å². The molecule has 5 rings (SSSR count). The summed E-state index contributed by atoms with van der Waals surface area (Å²) in [4.78, 5) is 58.5. The van der Waals surface area contributed by atoms with Gasteiger partial charge in [0.05, 0.1) is 29.1 Å². The van der Waals surface area contributed by atoms with Crippen molar-refractivity contribution in [2.75, 3.05) is 18.9 Å². The highest BCUT2D eigenvalue weighted by Crippen LogP contribution is 2.46. The maximum absolute atomic E-state index is 14.1. The lowest BCUT2D eigenvalue weighted by molar-refractivity contribution is -0.145. The average Bonchev–Trinajstić information content (AvgIpc) is 3.61. The smallest absolute Gasteiger partial charge is 0.246 e. The highest BCUT2D eigenvalue weighted by atomic mass is 19.1. The molecule has 0 saturated carbocycles. The first-order valence-corrected chi connectivity index (χ1v) is 13.3. The number of carbonyl (C=O) groups excluding carboxylic acids is 4. The van der Waals surface area contributed by atoms with Gasteiger partial charge in [-0.25, -0.2) is 8.78 Å². The molecule has 41 heavy (non-hydrogen) atoms. The van der Waals surface area contributed by atoms with Crippen molar-refractivity contribution in [2.45, 2.75) is 50.6 Å². The zero-order valence-corrected chi connectivity index (χ0v) is 22.8. The summed E-state index contributed by atoms with van der Waals surface area (Å²) in [5, 5.41) is 12.8. The Morgan fingerprint density at radius 2 is 1.93 bits per heavy atom. The number of carbonyl (C=O) groups is 4. The summed E-state index contributed by atoms with van der Waals surface area (Å²) >= 11 is 0. The first-order chi connectivity index (χ1) is 19.4. The maximum atomic E-state index is 14.1. The molecule has 1 fully saturated rings. The van der Waals surface area contributed by atoms with Crippen LogP contribution in [-0.4, -0.2) is 64.0 Å². The van der Waals surface area contributed by atoms with Crippen LogP contribution in [0.15, 0.2) is 42.5 Å². The summed E-state index contributed by atoms with van der Waals surface area (Å²) in [5.41, 5.74) is 0.327. The number of nitrogens with one attached hydrogen (secondary N) is 2. The summed E-state index contributed by atoms with van der Waals surface area (Å²) in [7, 11) is 1.42. The zero-order chi connectivity index (χ0) is 29.6. The number of amides is 3. The number of aromatic nitrogens is 1. The number of hydrogen-bond acceptors (Lipinski definition) is 5. The van der Waals surface area contributed by atoms with E-state index in [0.29, 0.717) is 11.8 Å². The third-order valence-corrected chi connectivity index (χ3v) is 8.02. The molecule has 0 unspecified atom stereocenters. The van der Waals surface area contributed by atoms with Gasteiger partial charge in [0.1, 0.15) is 23.7 Å². The molecule has 0 radical (unpaired) electrons. The van der Waals surface area contributed by atoms with Crippen LogP contribution in [0.1, 0.15) is 49.2 Å². The topological polar surface area (TPSA) is 126 Å². The summed E-state index contributed by atoms with van der Waals surface area (Å²) in [6.07, 6.45) is -0.229. The second-order valence-corrected chi connectivity index (χ2v) is 11.2. The van der Waals surface area contributed by atoms with Crippen LogP contribution in [0.4, 0.5) is 14.5 Å². The Labute approximate surface area is 235 Å². The van der Waals surface area contributed by atoms with E-state index in [0.717, 1.165) is 11.6 Å². The molecule has 1 spiro atoms.